The number of anilines is 2. The van der Waals surface area contributed by atoms with E-state index in [2.05, 4.69) is 48.0 Å². The van der Waals surface area contributed by atoms with E-state index in [4.69, 9.17) is 9.72 Å². The second-order valence-corrected chi connectivity index (χ2v) is 9.15. The number of fused-ring (bicyclic) bond motifs is 3. The Morgan fingerprint density at radius 2 is 1.79 bits per heavy atom. The number of benzene rings is 2. The van der Waals surface area contributed by atoms with Crippen LogP contribution in [0, 0.1) is 0 Å². The normalized spacial score (nSPS) is 14.6. The quantitative estimate of drug-likeness (QED) is 0.303. The average molecular weight is 478 g/mol. The first-order chi connectivity index (χ1) is 16.6. The average Bonchev–Trinajstić information content (AvgIpc) is 3.00. The van der Waals surface area contributed by atoms with Crippen molar-refractivity contribution in [3.63, 3.8) is 0 Å². The maximum atomic E-state index is 12.9. The Labute approximate surface area is 205 Å². The van der Waals surface area contributed by atoms with Crippen molar-refractivity contribution in [2.75, 3.05) is 28.6 Å². The van der Waals surface area contributed by atoms with Gasteiger partial charge in [-0.25, -0.2) is 0 Å². The second-order valence-electron chi connectivity index (χ2n) is 8.09. The highest BCUT2D eigenvalue weighted by Gasteiger charge is 2.34. The standard InChI is InChI=1S/C26H31N5O2S/c1-5-8-17-34-26-27-24-23(28-29-26)21-11-9-10-12-22(21)31(18(4)32)25(33-24)19-13-15-20(16-14-19)30(6-2)7-3/h9-16,25H,5-8,17H2,1-4H3/t25-/m0/s1. The molecule has 2 heterocycles. The lowest BCUT2D eigenvalue weighted by Gasteiger charge is -2.30. The van der Waals surface area contributed by atoms with Crippen LogP contribution in [-0.4, -0.2) is 39.9 Å². The van der Waals surface area contributed by atoms with E-state index < -0.39 is 6.23 Å². The summed E-state index contributed by atoms with van der Waals surface area (Å²) < 4.78 is 6.46. The van der Waals surface area contributed by atoms with Gasteiger partial charge >= 0.3 is 0 Å². The fourth-order valence-electron chi connectivity index (χ4n) is 4.08. The summed E-state index contributed by atoms with van der Waals surface area (Å²) in [5, 5.41) is 9.39. The summed E-state index contributed by atoms with van der Waals surface area (Å²) >= 11 is 1.57. The van der Waals surface area contributed by atoms with Crippen molar-refractivity contribution in [3.05, 3.63) is 54.1 Å². The van der Waals surface area contributed by atoms with Crippen LogP contribution in [0.1, 0.15) is 52.3 Å². The highest BCUT2D eigenvalue weighted by Crippen LogP contribution is 2.43. The Bertz CT molecular complexity index is 1130. The van der Waals surface area contributed by atoms with E-state index in [0.29, 0.717) is 16.7 Å². The van der Waals surface area contributed by atoms with Crippen LogP contribution in [0.4, 0.5) is 11.4 Å². The van der Waals surface area contributed by atoms with Crippen LogP contribution in [0.2, 0.25) is 0 Å². The molecule has 3 aromatic rings. The monoisotopic (exact) mass is 477 g/mol. The van der Waals surface area contributed by atoms with Crippen LogP contribution in [0.5, 0.6) is 5.88 Å². The van der Waals surface area contributed by atoms with Crippen molar-refractivity contribution in [1.82, 2.24) is 15.2 Å². The van der Waals surface area contributed by atoms with Gasteiger partial charge in [0.05, 0.1) is 5.69 Å². The predicted molar refractivity (Wildman–Crippen MR) is 137 cm³/mol. The first-order valence-electron chi connectivity index (χ1n) is 11.9. The van der Waals surface area contributed by atoms with Crippen LogP contribution in [0.3, 0.4) is 0 Å². The summed E-state index contributed by atoms with van der Waals surface area (Å²) in [7, 11) is 0. The Morgan fingerprint density at radius 3 is 2.47 bits per heavy atom. The minimum absolute atomic E-state index is 0.122. The molecule has 0 saturated heterocycles. The molecule has 4 rings (SSSR count). The lowest BCUT2D eigenvalue weighted by molar-refractivity contribution is -0.118. The van der Waals surface area contributed by atoms with Crippen LogP contribution in [0.15, 0.2) is 53.7 Å². The first kappa shape index (κ1) is 24.0. The number of ether oxygens (including phenoxy) is 1. The van der Waals surface area contributed by atoms with Crippen LogP contribution < -0.4 is 14.5 Å². The van der Waals surface area contributed by atoms with E-state index in [-0.39, 0.29) is 5.91 Å². The number of aromatic nitrogens is 3. The molecule has 0 unspecified atom stereocenters. The number of carbonyl (C=O) groups is 1. The fourth-order valence-corrected chi connectivity index (χ4v) is 4.94. The van der Waals surface area contributed by atoms with Gasteiger partial charge in [0.15, 0.2) is 5.69 Å². The van der Waals surface area contributed by atoms with Crippen molar-refractivity contribution in [2.24, 2.45) is 0 Å². The molecule has 8 heteroatoms. The third-order valence-electron chi connectivity index (χ3n) is 5.89. The Balaban J connectivity index is 1.79. The van der Waals surface area contributed by atoms with Gasteiger partial charge in [0.25, 0.3) is 0 Å². The number of thioether (sulfide) groups is 1. The van der Waals surface area contributed by atoms with Crippen molar-refractivity contribution in [1.29, 1.82) is 0 Å². The summed E-state index contributed by atoms with van der Waals surface area (Å²) in [4.78, 5) is 21.6. The third-order valence-corrected chi connectivity index (χ3v) is 6.81. The minimum Gasteiger partial charge on any atom is -0.447 e. The molecule has 0 bridgehead atoms. The molecule has 1 amide bonds. The largest absolute Gasteiger partial charge is 0.447 e. The maximum absolute atomic E-state index is 12.9. The van der Waals surface area contributed by atoms with Gasteiger partial charge in [0, 0.05) is 42.6 Å². The summed E-state index contributed by atoms with van der Waals surface area (Å²) in [5.74, 6) is 1.19. The summed E-state index contributed by atoms with van der Waals surface area (Å²) in [6.07, 6.45) is 1.51. The second kappa shape index (κ2) is 10.9. The van der Waals surface area contributed by atoms with Crippen molar-refractivity contribution < 1.29 is 9.53 Å². The van der Waals surface area contributed by atoms with Crippen molar-refractivity contribution in [2.45, 2.75) is 51.9 Å². The smallest absolute Gasteiger partial charge is 0.247 e. The van der Waals surface area contributed by atoms with Gasteiger partial charge in [-0.3, -0.25) is 9.69 Å². The summed E-state index contributed by atoms with van der Waals surface area (Å²) in [5.41, 5.74) is 4.06. The first-order valence-corrected chi connectivity index (χ1v) is 12.8. The molecular formula is C26H31N5O2S. The van der Waals surface area contributed by atoms with Crippen molar-refractivity contribution in [3.8, 4) is 17.1 Å². The molecule has 0 aliphatic carbocycles. The zero-order valence-corrected chi connectivity index (χ0v) is 21.0. The molecule has 0 spiro atoms. The number of unbranched alkanes of at least 4 members (excludes halogenated alkanes) is 1. The van der Waals surface area contributed by atoms with Gasteiger partial charge in [0.1, 0.15) is 0 Å². The number of nitrogens with zero attached hydrogens (tertiary/aromatic N) is 5. The molecule has 1 atom stereocenters. The number of para-hydroxylation sites is 1. The molecule has 1 aliphatic heterocycles. The van der Waals surface area contributed by atoms with E-state index in [1.807, 2.05) is 36.4 Å². The molecule has 0 saturated carbocycles. The third kappa shape index (κ3) is 4.87. The number of carbonyl (C=O) groups excluding carboxylic acids is 1. The topological polar surface area (TPSA) is 71.5 Å². The number of rotatable bonds is 8. The van der Waals surface area contributed by atoms with Gasteiger partial charge in [-0.05, 0) is 38.5 Å². The molecule has 0 fully saturated rings. The molecule has 1 aliphatic rings. The summed E-state index contributed by atoms with van der Waals surface area (Å²) in [6, 6.07) is 15.9. The maximum Gasteiger partial charge on any atom is 0.247 e. The van der Waals surface area contributed by atoms with Gasteiger partial charge < -0.3 is 9.64 Å². The van der Waals surface area contributed by atoms with Crippen molar-refractivity contribution >= 4 is 29.0 Å². The lowest BCUT2D eigenvalue weighted by Crippen LogP contribution is -2.36. The zero-order valence-electron chi connectivity index (χ0n) is 20.2. The number of hydrogen-bond acceptors (Lipinski definition) is 7. The number of amides is 1. The molecule has 7 nitrogen and oxygen atoms in total. The number of hydrogen-bond donors (Lipinski definition) is 0. The van der Waals surface area contributed by atoms with E-state index >= 15 is 0 Å². The van der Waals surface area contributed by atoms with Gasteiger partial charge in [-0.1, -0.05) is 55.4 Å². The van der Waals surface area contributed by atoms with Gasteiger partial charge in [-0.2, -0.15) is 4.98 Å². The van der Waals surface area contributed by atoms with Crippen LogP contribution in [0.25, 0.3) is 11.3 Å². The molecule has 178 valence electrons. The van der Waals surface area contributed by atoms with Gasteiger partial charge in [-0.15, -0.1) is 10.2 Å². The molecular weight excluding hydrogens is 446 g/mol. The molecule has 1 aromatic heterocycles. The molecule has 34 heavy (non-hydrogen) atoms. The highest BCUT2D eigenvalue weighted by molar-refractivity contribution is 7.99. The summed E-state index contributed by atoms with van der Waals surface area (Å²) in [6.45, 7) is 9.84. The molecule has 2 aromatic carbocycles. The molecule has 0 N–H and O–H groups in total. The van der Waals surface area contributed by atoms with E-state index in [1.54, 1.807) is 23.6 Å². The fraction of sp³-hybridized carbons (Fsp3) is 0.385. The van der Waals surface area contributed by atoms with E-state index in [9.17, 15) is 4.79 Å². The molecule has 0 radical (unpaired) electrons. The Hall–Kier alpha value is -3.13. The predicted octanol–water partition coefficient (Wildman–Crippen LogP) is 5.72. The SMILES string of the molecule is CCCCSc1nnc2c(n1)O[C@@H](c1ccc(N(CC)CC)cc1)N(C(C)=O)c1ccccc1-2. The van der Waals surface area contributed by atoms with Crippen LogP contribution >= 0.6 is 11.8 Å². The highest BCUT2D eigenvalue weighted by atomic mass is 32.2. The lowest BCUT2D eigenvalue weighted by atomic mass is 10.1. The Morgan fingerprint density at radius 1 is 1.06 bits per heavy atom. The van der Waals surface area contributed by atoms with E-state index in [0.717, 1.165) is 54.2 Å². The zero-order chi connectivity index (χ0) is 24.1. The van der Waals surface area contributed by atoms with Crippen LogP contribution in [-0.2, 0) is 4.79 Å². The van der Waals surface area contributed by atoms with E-state index in [1.165, 1.54) is 0 Å². The van der Waals surface area contributed by atoms with Gasteiger partial charge in [0.2, 0.25) is 23.2 Å². The Kier molecular flexibility index (Phi) is 7.67. The minimum atomic E-state index is -0.671.